The normalized spacial score (nSPS) is 9.19. The van der Waals surface area contributed by atoms with Crippen molar-refractivity contribution < 1.29 is 29.3 Å². The summed E-state index contributed by atoms with van der Waals surface area (Å²) in [6.45, 7) is 20.7. The van der Waals surface area contributed by atoms with Gasteiger partial charge in [-0.15, -0.1) is 26.3 Å². The molecule has 0 atom stereocenters. The number of ether oxygens (including phenoxy) is 2. The van der Waals surface area contributed by atoms with Crippen LogP contribution in [-0.2, 0) is 9.47 Å². The molecule has 0 radical (unpaired) electrons. The Kier molecular flexibility index (Phi) is 17.5. The third kappa shape index (κ3) is 14.4. The molecule has 32 heavy (non-hydrogen) atoms. The van der Waals surface area contributed by atoms with E-state index in [2.05, 4.69) is 26.3 Å². The summed E-state index contributed by atoms with van der Waals surface area (Å²) in [5.74, 6) is 0.250. The highest BCUT2D eigenvalue weighted by atomic mass is 16.5. The van der Waals surface area contributed by atoms with E-state index in [-0.39, 0.29) is 23.4 Å². The molecule has 0 amide bonds. The van der Waals surface area contributed by atoms with Crippen molar-refractivity contribution in [3.63, 3.8) is 0 Å². The van der Waals surface area contributed by atoms with Gasteiger partial charge in [0.1, 0.15) is 11.5 Å². The second-order valence-electron chi connectivity index (χ2n) is 7.08. The van der Waals surface area contributed by atoms with Gasteiger partial charge in [0, 0.05) is 0 Å². The number of aromatic hydroxyl groups is 2. The number of benzene rings is 2. The average molecular weight is 445 g/mol. The molecule has 176 valence electrons. The molecule has 0 aliphatic rings. The molecule has 0 spiro atoms. The summed E-state index contributed by atoms with van der Waals surface area (Å²) in [5, 5.41) is 18.0. The van der Waals surface area contributed by atoms with Crippen LogP contribution in [0.15, 0.2) is 74.8 Å². The van der Waals surface area contributed by atoms with E-state index in [1.807, 2.05) is 27.7 Å². The van der Waals surface area contributed by atoms with Gasteiger partial charge in [-0.05, 0) is 60.4 Å². The summed E-state index contributed by atoms with van der Waals surface area (Å²) in [7, 11) is 0. The molecule has 0 heterocycles. The smallest absolute Gasteiger partial charge is 0.338 e. The first-order valence-electron chi connectivity index (χ1n) is 10.1. The van der Waals surface area contributed by atoms with Crippen molar-refractivity contribution in [2.24, 2.45) is 11.8 Å². The van der Waals surface area contributed by atoms with E-state index in [4.69, 9.17) is 19.7 Å². The third-order valence-corrected chi connectivity index (χ3v) is 3.30. The fourth-order valence-electron chi connectivity index (χ4n) is 1.85. The fraction of sp³-hybridized carbons (Fsp3) is 0.308. The van der Waals surface area contributed by atoms with Crippen LogP contribution in [0.1, 0.15) is 48.4 Å². The molecule has 0 saturated heterocycles. The van der Waals surface area contributed by atoms with Crippen LogP contribution in [0, 0.1) is 11.8 Å². The van der Waals surface area contributed by atoms with Gasteiger partial charge in [-0.1, -0.05) is 27.7 Å². The Morgan fingerprint density at radius 3 is 1.12 bits per heavy atom. The van der Waals surface area contributed by atoms with Crippen LogP contribution in [0.2, 0.25) is 0 Å². The molecule has 6 nitrogen and oxygen atoms in total. The second-order valence-corrected chi connectivity index (χ2v) is 7.08. The molecular formula is C26H36O6. The molecule has 0 aromatic heterocycles. The van der Waals surface area contributed by atoms with E-state index in [0.29, 0.717) is 36.2 Å². The summed E-state index contributed by atoms with van der Waals surface area (Å²) < 4.78 is 10.0. The molecular weight excluding hydrogens is 408 g/mol. The van der Waals surface area contributed by atoms with Gasteiger partial charge in [0.15, 0.2) is 0 Å². The molecule has 2 N–H and O–H groups in total. The molecule has 0 fully saturated rings. The Labute approximate surface area is 191 Å². The molecule has 0 bridgehead atoms. The van der Waals surface area contributed by atoms with Gasteiger partial charge in [-0.25, -0.2) is 9.59 Å². The highest BCUT2D eigenvalue weighted by Crippen LogP contribution is 2.12. The van der Waals surface area contributed by atoms with Crippen LogP contribution in [0.4, 0.5) is 0 Å². The quantitative estimate of drug-likeness (QED) is 0.418. The Morgan fingerprint density at radius 2 is 0.906 bits per heavy atom. The van der Waals surface area contributed by atoms with E-state index in [1.54, 1.807) is 0 Å². The number of hydrogen-bond donors (Lipinski definition) is 2. The van der Waals surface area contributed by atoms with E-state index in [1.165, 1.54) is 48.5 Å². The highest BCUT2D eigenvalue weighted by molar-refractivity contribution is 5.89. The summed E-state index contributed by atoms with van der Waals surface area (Å²) in [5.41, 5.74) is 0.923. The standard InChI is InChI=1S/2C11H14O3.2C2H4/c2*1-8(2)7-14-11(13)9-3-5-10(12)6-4-9;2*1-2/h2*3-6,8,12H,7H2,1-2H3;2*1-2H2. The molecule has 2 rings (SSSR count). The van der Waals surface area contributed by atoms with Gasteiger partial charge in [0.2, 0.25) is 0 Å². The third-order valence-electron chi connectivity index (χ3n) is 3.30. The molecule has 0 unspecified atom stereocenters. The van der Waals surface area contributed by atoms with Crippen LogP contribution in [0.3, 0.4) is 0 Å². The van der Waals surface area contributed by atoms with Crippen LogP contribution in [-0.4, -0.2) is 35.4 Å². The van der Waals surface area contributed by atoms with Gasteiger partial charge >= 0.3 is 11.9 Å². The Hall–Kier alpha value is -3.54. The number of carbonyl (C=O) groups is 2. The van der Waals surface area contributed by atoms with Gasteiger partial charge < -0.3 is 19.7 Å². The maximum atomic E-state index is 11.4. The van der Waals surface area contributed by atoms with Crippen molar-refractivity contribution in [2.75, 3.05) is 13.2 Å². The lowest BCUT2D eigenvalue weighted by atomic mass is 10.2. The Morgan fingerprint density at radius 1 is 0.656 bits per heavy atom. The maximum absolute atomic E-state index is 11.4. The van der Waals surface area contributed by atoms with Gasteiger partial charge in [-0.3, -0.25) is 0 Å². The van der Waals surface area contributed by atoms with Crippen LogP contribution in [0.25, 0.3) is 0 Å². The first-order chi connectivity index (χ1) is 15.2. The molecule has 0 aliphatic heterocycles. The number of phenolic OH excluding ortho intramolecular Hbond substituents is 2. The van der Waals surface area contributed by atoms with E-state index < -0.39 is 0 Å². The monoisotopic (exact) mass is 444 g/mol. The minimum absolute atomic E-state index is 0.144. The van der Waals surface area contributed by atoms with Crippen molar-refractivity contribution in [1.82, 2.24) is 0 Å². The number of rotatable bonds is 6. The van der Waals surface area contributed by atoms with Crippen molar-refractivity contribution in [2.45, 2.75) is 27.7 Å². The first kappa shape index (κ1) is 30.7. The summed E-state index contributed by atoms with van der Waals surface area (Å²) in [4.78, 5) is 22.7. The van der Waals surface area contributed by atoms with E-state index in [9.17, 15) is 9.59 Å². The van der Waals surface area contributed by atoms with E-state index in [0.717, 1.165) is 0 Å². The predicted molar refractivity (Wildman–Crippen MR) is 129 cm³/mol. The summed E-state index contributed by atoms with van der Waals surface area (Å²) in [6.07, 6.45) is 0. The zero-order valence-electron chi connectivity index (χ0n) is 19.5. The zero-order chi connectivity index (χ0) is 25.1. The summed E-state index contributed by atoms with van der Waals surface area (Å²) in [6, 6.07) is 12.0. The van der Waals surface area contributed by atoms with Crippen LogP contribution in [0.5, 0.6) is 11.5 Å². The first-order valence-corrected chi connectivity index (χ1v) is 10.1. The van der Waals surface area contributed by atoms with Gasteiger partial charge in [-0.2, -0.15) is 0 Å². The van der Waals surface area contributed by atoms with Crippen LogP contribution < -0.4 is 0 Å². The lowest BCUT2D eigenvalue weighted by molar-refractivity contribution is 0.0450. The zero-order valence-corrected chi connectivity index (χ0v) is 19.5. The van der Waals surface area contributed by atoms with Crippen molar-refractivity contribution >= 4 is 11.9 Å². The topological polar surface area (TPSA) is 93.1 Å². The fourth-order valence-corrected chi connectivity index (χ4v) is 1.85. The van der Waals surface area contributed by atoms with Gasteiger partial charge in [0.25, 0.3) is 0 Å². The van der Waals surface area contributed by atoms with Crippen molar-refractivity contribution in [3.8, 4) is 11.5 Å². The largest absolute Gasteiger partial charge is 0.508 e. The number of esters is 2. The minimum Gasteiger partial charge on any atom is -0.508 e. The molecule has 2 aromatic carbocycles. The predicted octanol–water partition coefficient (Wildman–Crippen LogP) is 6.01. The SMILES string of the molecule is C=C.C=C.CC(C)COC(=O)c1ccc(O)cc1.CC(C)COC(=O)c1ccc(O)cc1. The minimum atomic E-state index is -0.348. The number of hydrogen-bond acceptors (Lipinski definition) is 6. The molecule has 0 aliphatic carbocycles. The Balaban J connectivity index is 0. The van der Waals surface area contributed by atoms with Crippen molar-refractivity contribution in [1.29, 1.82) is 0 Å². The lowest BCUT2D eigenvalue weighted by Gasteiger charge is -2.06. The number of phenols is 2. The number of carbonyl (C=O) groups excluding carboxylic acids is 2. The van der Waals surface area contributed by atoms with Crippen molar-refractivity contribution in [3.05, 3.63) is 86.0 Å². The van der Waals surface area contributed by atoms with E-state index >= 15 is 0 Å². The van der Waals surface area contributed by atoms with Crippen LogP contribution >= 0.6 is 0 Å². The molecule has 6 heteroatoms. The average Bonchev–Trinajstić information content (AvgIpc) is 2.80. The van der Waals surface area contributed by atoms with Gasteiger partial charge in [0.05, 0.1) is 24.3 Å². The molecule has 2 aromatic rings. The summed E-state index contributed by atoms with van der Waals surface area (Å²) >= 11 is 0. The Bertz CT molecular complexity index is 696. The second kappa shape index (κ2) is 18.2. The maximum Gasteiger partial charge on any atom is 0.338 e. The molecule has 0 saturated carbocycles. The lowest BCUT2D eigenvalue weighted by Crippen LogP contribution is -2.09. The highest BCUT2D eigenvalue weighted by Gasteiger charge is 2.08.